The molecule has 0 N–H and O–H groups in total. The average molecular weight is 124 g/mol. The first-order chi connectivity index (χ1) is 4.41. The van der Waals surface area contributed by atoms with Crippen LogP contribution in [-0.2, 0) is 0 Å². The molecule has 0 saturated carbocycles. The van der Waals surface area contributed by atoms with Gasteiger partial charge in [0.25, 0.3) is 0 Å². The summed E-state index contributed by atoms with van der Waals surface area (Å²) in [5, 5.41) is 0. The highest BCUT2D eigenvalue weighted by Gasteiger charge is 1.67. The maximum absolute atomic E-state index is 4.01. The van der Waals surface area contributed by atoms with Gasteiger partial charge in [0.15, 0.2) is 0 Å². The number of nitrogens with zero attached hydrogens (tertiary/aromatic N) is 2. The van der Waals surface area contributed by atoms with Crippen LogP contribution in [0.25, 0.3) is 0 Å². The second-order valence-electron chi connectivity index (χ2n) is 1.54. The van der Waals surface area contributed by atoms with Crippen LogP contribution >= 0.6 is 0 Å². The molecule has 0 aromatic rings. The molecular weight excluding hydrogens is 112 g/mol. The van der Waals surface area contributed by atoms with E-state index in [1.165, 1.54) is 6.20 Å². The van der Waals surface area contributed by atoms with Gasteiger partial charge in [-0.25, -0.2) is 0 Å². The highest BCUT2D eigenvalue weighted by Crippen LogP contribution is 1.73. The standard InChI is InChI=1S/C7H12N2/c1-3-5-9-7-6-8-4-2/h4,6-7H,2-3,5H2,1H3. The molecule has 0 aliphatic carbocycles. The second kappa shape index (κ2) is 7.08. The van der Waals surface area contributed by atoms with Gasteiger partial charge in [-0.3, -0.25) is 9.98 Å². The summed E-state index contributed by atoms with van der Waals surface area (Å²) in [5.74, 6) is 0. The van der Waals surface area contributed by atoms with E-state index in [4.69, 9.17) is 0 Å². The minimum Gasteiger partial charge on any atom is -0.292 e. The van der Waals surface area contributed by atoms with Crippen molar-refractivity contribution in [2.75, 3.05) is 6.54 Å². The van der Waals surface area contributed by atoms with E-state index in [-0.39, 0.29) is 0 Å². The molecule has 50 valence electrons. The first-order valence-corrected chi connectivity index (χ1v) is 3.04. The van der Waals surface area contributed by atoms with Gasteiger partial charge in [0.2, 0.25) is 0 Å². The fourth-order valence-electron chi connectivity index (χ4n) is 0.350. The van der Waals surface area contributed by atoms with E-state index in [1.807, 2.05) is 0 Å². The molecule has 0 heterocycles. The molecule has 2 nitrogen and oxygen atoms in total. The molecule has 0 aliphatic rings. The molecule has 0 amide bonds. The molecule has 0 aromatic heterocycles. The Morgan fingerprint density at radius 2 is 2.22 bits per heavy atom. The molecule has 0 aromatic carbocycles. The van der Waals surface area contributed by atoms with Gasteiger partial charge >= 0.3 is 0 Å². The molecule has 0 aliphatic heterocycles. The lowest BCUT2D eigenvalue weighted by molar-refractivity contribution is 0.938. The predicted molar refractivity (Wildman–Crippen MR) is 42.3 cm³/mol. The van der Waals surface area contributed by atoms with Crippen LogP contribution in [0.15, 0.2) is 22.8 Å². The summed E-state index contributed by atoms with van der Waals surface area (Å²) in [4.78, 5) is 7.74. The zero-order valence-corrected chi connectivity index (χ0v) is 5.75. The van der Waals surface area contributed by atoms with E-state index in [9.17, 15) is 0 Å². The van der Waals surface area contributed by atoms with E-state index >= 15 is 0 Å². The van der Waals surface area contributed by atoms with Gasteiger partial charge in [-0.2, -0.15) is 0 Å². The fourth-order valence-corrected chi connectivity index (χ4v) is 0.350. The SMILES string of the molecule is C=CN=CC=NCCC. The Labute approximate surface area is 56.0 Å². The Hall–Kier alpha value is -0.920. The first kappa shape index (κ1) is 8.08. The molecule has 2 heteroatoms. The summed E-state index contributed by atoms with van der Waals surface area (Å²) >= 11 is 0. The Morgan fingerprint density at radius 1 is 1.44 bits per heavy atom. The third-order valence-electron chi connectivity index (χ3n) is 0.716. The van der Waals surface area contributed by atoms with Gasteiger partial charge in [-0.15, -0.1) is 0 Å². The van der Waals surface area contributed by atoms with Crippen LogP contribution in [0.1, 0.15) is 13.3 Å². The van der Waals surface area contributed by atoms with Gasteiger partial charge in [-0.05, 0) is 6.42 Å². The van der Waals surface area contributed by atoms with Crippen LogP contribution in [0.5, 0.6) is 0 Å². The van der Waals surface area contributed by atoms with E-state index < -0.39 is 0 Å². The average Bonchev–Trinajstić information content (AvgIpc) is 1.89. The van der Waals surface area contributed by atoms with Crippen LogP contribution in [0.3, 0.4) is 0 Å². The number of aliphatic imine (C=N–C) groups is 2. The monoisotopic (exact) mass is 124 g/mol. The van der Waals surface area contributed by atoms with Gasteiger partial charge < -0.3 is 0 Å². The van der Waals surface area contributed by atoms with Crippen LogP contribution < -0.4 is 0 Å². The van der Waals surface area contributed by atoms with Gasteiger partial charge in [-0.1, -0.05) is 13.5 Å². The van der Waals surface area contributed by atoms with Crippen molar-refractivity contribution in [2.24, 2.45) is 9.98 Å². The summed E-state index contributed by atoms with van der Waals surface area (Å²) < 4.78 is 0. The van der Waals surface area contributed by atoms with Gasteiger partial charge in [0.05, 0.1) is 0 Å². The first-order valence-electron chi connectivity index (χ1n) is 3.04. The summed E-state index contributed by atoms with van der Waals surface area (Å²) in [6, 6.07) is 0. The molecule has 0 unspecified atom stereocenters. The maximum Gasteiger partial charge on any atom is 0.0446 e. The normalized spacial score (nSPS) is 11.2. The largest absolute Gasteiger partial charge is 0.292 e. The molecule has 0 saturated heterocycles. The molecule has 0 spiro atoms. The van der Waals surface area contributed by atoms with Crippen molar-refractivity contribution in [1.29, 1.82) is 0 Å². The van der Waals surface area contributed by atoms with Crippen molar-refractivity contribution >= 4 is 12.4 Å². The Bertz CT molecular complexity index is 114. The Kier molecular flexibility index (Phi) is 6.36. The van der Waals surface area contributed by atoms with E-state index in [0.29, 0.717) is 0 Å². The third kappa shape index (κ3) is 7.08. The maximum atomic E-state index is 4.01. The zero-order valence-electron chi connectivity index (χ0n) is 5.75. The lowest BCUT2D eigenvalue weighted by atomic mass is 10.5. The molecule has 0 fully saturated rings. The topological polar surface area (TPSA) is 24.7 Å². The molecule has 0 rings (SSSR count). The van der Waals surface area contributed by atoms with Crippen LogP contribution in [0, 0.1) is 0 Å². The number of hydrogen-bond acceptors (Lipinski definition) is 2. The van der Waals surface area contributed by atoms with Crippen molar-refractivity contribution in [1.82, 2.24) is 0 Å². The summed E-state index contributed by atoms with van der Waals surface area (Å²) in [6.07, 6.45) is 5.88. The summed E-state index contributed by atoms with van der Waals surface area (Å²) in [7, 11) is 0. The Balaban J connectivity index is 3.23. The smallest absolute Gasteiger partial charge is 0.0446 e. The van der Waals surface area contributed by atoms with Gasteiger partial charge in [0.1, 0.15) is 0 Å². The van der Waals surface area contributed by atoms with E-state index in [0.717, 1.165) is 13.0 Å². The quantitative estimate of drug-likeness (QED) is 0.509. The minimum atomic E-state index is 0.878. The highest BCUT2D eigenvalue weighted by molar-refractivity contribution is 6.16. The van der Waals surface area contributed by atoms with Crippen molar-refractivity contribution in [3.05, 3.63) is 12.8 Å². The van der Waals surface area contributed by atoms with Crippen LogP contribution in [0.4, 0.5) is 0 Å². The summed E-state index contributed by atoms with van der Waals surface area (Å²) in [5.41, 5.74) is 0. The molecule has 0 atom stereocenters. The van der Waals surface area contributed by atoms with Crippen LogP contribution in [0.2, 0.25) is 0 Å². The third-order valence-corrected chi connectivity index (χ3v) is 0.716. The summed E-state index contributed by atoms with van der Waals surface area (Å²) in [6.45, 7) is 6.38. The molecule has 0 radical (unpaired) electrons. The van der Waals surface area contributed by atoms with Crippen molar-refractivity contribution in [3.8, 4) is 0 Å². The lowest BCUT2D eigenvalue weighted by Crippen LogP contribution is -1.78. The number of rotatable bonds is 4. The predicted octanol–water partition coefficient (Wildman–Crippen LogP) is 1.68. The number of hydrogen-bond donors (Lipinski definition) is 0. The van der Waals surface area contributed by atoms with Crippen molar-refractivity contribution in [3.63, 3.8) is 0 Å². The van der Waals surface area contributed by atoms with Gasteiger partial charge in [0, 0.05) is 25.2 Å². The Morgan fingerprint density at radius 3 is 2.78 bits per heavy atom. The van der Waals surface area contributed by atoms with Crippen molar-refractivity contribution < 1.29 is 0 Å². The van der Waals surface area contributed by atoms with Crippen LogP contribution in [-0.4, -0.2) is 19.0 Å². The molecule has 9 heavy (non-hydrogen) atoms. The zero-order chi connectivity index (χ0) is 6.95. The second-order valence-corrected chi connectivity index (χ2v) is 1.54. The van der Waals surface area contributed by atoms with E-state index in [1.54, 1.807) is 12.4 Å². The minimum absolute atomic E-state index is 0.878. The molecular formula is C7H12N2. The van der Waals surface area contributed by atoms with E-state index in [2.05, 4.69) is 23.5 Å². The lowest BCUT2D eigenvalue weighted by Gasteiger charge is -1.79. The fraction of sp³-hybridized carbons (Fsp3) is 0.429. The highest BCUT2D eigenvalue weighted by atomic mass is 14.7. The van der Waals surface area contributed by atoms with Crippen molar-refractivity contribution in [2.45, 2.75) is 13.3 Å². The molecule has 0 bridgehead atoms.